The van der Waals surface area contributed by atoms with Crippen molar-refractivity contribution >= 4 is 39.1 Å². The van der Waals surface area contributed by atoms with E-state index in [1.807, 2.05) is 17.8 Å². The number of hydrogen-bond donors (Lipinski definition) is 1. The Morgan fingerprint density at radius 1 is 1.16 bits per heavy atom. The Morgan fingerprint density at radius 2 is 1.95 bits per heavy atom. The van der Waals surface area contributed by atoms with Gasteiger partial charge in [-0.05, 0) is 35.9 Å². The summed E-state index contributed by atoms with van der Waals surface area (Å²) >= 11 is 5.38. The van der Waals surface area contributed by atoms with Crippen molar-refractivity contribution in [1.82, 2.24) is 0 Å². The number of thioether (sulfide) groups is 1. The van der Waals surface area contributed by atoms with Crippen LogP contribution in [0.5, 0.6) is 0 Å². The van der Waals surface area contributed by atoms with Crippen molar-refractivity contribution in [3.05, 3.63) is 52.5 Å². The minimum Gasteiger partial charge on any atom is -0.399 e. The van der Waals surface area contributed by atoms with Crippen molar-refractivity contribution in [2.75, 3.05) is 22.9 Å². The summed E-state index contributed by atoms with van der Waals surface area (Å²) in [4.78, 5) is 3.74. The Bertz CT molecular complexity index is 583. The second-order valence-electron chi connectivity index (χ2n) is 4.62. The second kappa shape index (κ2) is 5.47. The molecule has 0 radical (unpaired) electrons. The SMILES string of the molecule is Nc1ccc2c(c1)N(Cc1ccc(Br)cc1)CCS2. The zero-order valence-corrected chi connectivity index (χ0v) is 12.9. The molecule has 1 aliphatic rings. The highest BCUT2D eigenvalue weighted by Crippen LogP contribution is 2.36. The molecule has 1 aliphatic heterocycles. The first kappa shape index (κ1) is 12.9. The van der Waals surface area contributed by atoms with Crippen LogP contribution in [0, 0.1) is 0 Å². The first-order valence-electron chi connectivity index (χ1n) is 6.24. The van der Waals surface area contributed by atoms with E-state index in [4.69, 9.17) is 5.73 Å². The molecule has 0 atom stereocenters. The largest absolute Gasteiger partial charge is 0.399 e. The summed E-state index contributed by atoms with van der Waals surface area (Å²) in [5.41, 5.74) is 9.34. The minimum atomic E-state index is 0.835. The summed E-state index contributed by atoms with van der Waals surface area (Å²) in [6.07, 6.45) is 0. The van der Waals surface area contributed by atoms with Gasteiger partial charge in [-0.3, -0.25) is 0 Å². The van der Waals surface area contributed by atoms with Crippen molar-refractivity contribution in [2.24, 2.45) is 0 Å². The first-order chi connectivity index (χ1) is 9.22. The van der Waals surface area contributed by atoms with E-state index in [1.165, 1.54) is 16.1 Å². The highest BCUT2D eigenvalue weighted by molar-refractivity contribution is 9.10. The standard InChI is InChI=1S/C15H15BrN2S/c16-12-3-1-11(2-4-12)10-18-7-8-19-15-6-5-13(17)9-14(15)18/h1-6,9H,7-8,10,17H2. The number of nitrogen functional groups attached to an aromatic ring is 1. The molecule has 0 amide bonds. The van der Waals surface area contributed by atoms with Gasteiger partial charge in [-0.2, -0.15) is 0 Å². The van der Waals surface area contributed by atoms with Crippen LogP contribution < -0.4 is 10.6 Å². The number of fused-ring (bicyclic) bond motifs is 1. The molecule has 2 aromatic rings. The molecule has 0 saturated carbocycles. The van der Waals surface area contributed by atoms with Gasteiger partial charge < -0.3 is 10.6 Å². The lowest BCUT2D eigenvalue weighted by molar-refractivity contribution is 0.817. The van der Waals surface area contributed by atoms with Gasteiger partial charge in [0.15, 0.2) is 0 Å². The molecule has 0 bridgehead atoms. The Morgan fingerprint density at radius 3 is 2.74 bits per heavy atom. The molecule has 0 unspecified atom stereocenters. The van der Waals surface area contributed by atoms with Gasteiger partial charge in [0.25, 0.3) is 0 Å². The maximum atomic E-state index is 5.92. The van der Waals surface area contributed by atoms with Crippen LogP contribution in [0.4, 0.5) is 11.4 Å². The molecule has 2 aromatic carbocycles. The number of benzene rings is 2. The van der Waals surface area contributed by atoms with Crippen LogP contribution in [0.3, 0.4) is 0 Å². The van der Waals surface area contributed by atoms with Crippen LogP contribution in [-0.4, -0.2) is 12.3 Å². The van der Waals surface area contributed by atoms with Gasteiger partial charge in [0, 0.05) is 33.9 Å². The molecule has 2 nitrogen and oxygen atoms in total. The smallest absolute Gasteiger partial charge is 0.0528 e. The summed E-state index contributed by atoms with van der Waals surface area (Å²) in [5.74, 6) is 1.13. The van der Waals surface area contributed by atoms with Crippen molar-refractivity contribution in [2.45, 2.75) is 11.4 Å². The fraction of sp³-hybridized carbons (Fsp3) is 0.200. The highest BCUT2D eigenvalue weighted by atomic mass is 79.9. The number of nitrogens with zero attached hydrogens (tertiary/aromatic N) is 1. The molecule has 1 heterocycles. The molecule has 4 heteroatoms. The molecule has 98 valence electrons. The topological polar surface area (TPSA) is 29.3 Å². The molecule has 0 aliphatic carbocycles. The van der Waals surface area contributed by atoms with Crippen LogP contribution in [0.2, 0.25) is 0 Å². The Hall–Kier alpha value is -1.13. The third kappa shape index (κ3) is 2.90. The molecule has 2 N–H and O–H groups in total. The first-order valence-corrected chi connectivity index (χ1v) is 8.02. The van der Waals surface area contributed by atoms with E-state index in [0.717, 1.165) is 29.0 Å². The zero-order chi connectivity index (χ0) is 13.2. The van der Waals surface area contributed by atoms with E-state index in [1.54, 1.807) is 0 Å². The van der Waals surface area contributed by atoms with Crippen molar-refractivity contribution < 1.29 is 0 Å². The van der Waals surface area contributed by atoms with Crippen molar-refractivity contribution in [3.63, 3.8) is 0 Å². The summed E-state index contributed by atoms with van der Waals surface area (Å²) in [7, 11) is 0. The van der Waals surface area contributed by atoms with Crippen molar-refractivity contribution in [3.8, 4) is 0 Å². The normalized spacial score (nSPS) is 14.3. The number of halogens is 1. The number of nitrogens with two attached hydrogens (primary N) is 1. The van der Waals surface area contributed by atoms with Gasteiger partial charge in [-0.1, -0.05) is 28.1 Å². The number of anilines is 2. The van der Waals surface area contributed by atoms with E-state index < -0.39 is 0 Å². The minimum absolute atomic E-state index is 0.835. The van der Waals surface area contributed by atoms with Gasteiger partial charge in [-0.25, -0.2) is 0 Å². The summed E-state index contributed by atoms with van der Waals surface area (Å²) in [6, 6.07) is 14.7. The maximum Gasteiger partial charge on any atom is 0.0528 e. The van der Waals surface area contributed by atoms with Crippen molar-refractivity contribution in [1.29, 1.82) is 0 Å². The molecule has 0 spiro atoms. The predicted octanol–water partition coefficient (Wildman–Crippen LogP) is 4.14. The molecule has 3 rings (SSSR count). The van der Waals surface area contributed by atoms with Crippen LogP contribution in [0.15, 0.2) is 51.8 Å². The zero-order valence-electron chi connectivity index (χ0n) is 10.5. The molecule has 0 saturated heterocycles. The van der Waals surface area contributed by atoms with Gasteiger partial charge >= 0.3 is 0 Å². The third-order valence-electron chi connectivity index (χ3n) is 3.23. The Labute approximate surface area is 126 Å². The molecule has 0 aromatic heterocycles. The lowest BCUT2D eigenvalue weighted by Gasteiger charge is -2.31. The van der Waals surface area contributed by atoms with E-state index in [2.05, 4.69) is 57.2 Å². The summed E-state index contributed by atoms with van der Waals surface area (Å²) in [5, 5.41) is 0. The molecular formula is C15H15BrN2S. The average molecular weight is 335 g/mol. The molecule has 0 fully saturated rings. The van der Waals surface area contributed by atoms with E-state index in [0.29, 0.717) is 0 Å². The van der Waals surface area contributed by atoms with Crippen LogP contribution in [-0.2, 0) is 6.54 Å². The van der Waals surface area contributed by atoms with Crippen LogP contribution in [0.25, 0.3) is 0 Å². The Kier molecular flexibility index (Phi) is 3.71. The predicted molar refractivity (Wildman–Crippen MR) is 86.8 cm³/mol. The van der Waals surface area contributed by atoms with Crippen LogP contribution in [0.1, 0.15) is 5.56 Å². The fourth-order valence-corrected chi connectivity index (χ4v) is 3.56. The lowest BCUT2D eigenvalue weighted by atomic mass is 10.2. The lowest BCUT2D eigenvalue weighted by Crippen LogP contribution is -2.28. The highest BCUT2D eigenvalue weighted by Gasteiger charge is 2.17. The molecule has 19 heavy (non-hydrogen) atoms. The third-order valence-corrected chi connectivity index (χ3v) is 4.80. The summed E-state index contributed by atoms with van der Waals surface area (Å²) < 4.78 is 1.12. The molecular weight excluding hydrogens is 320 g/mol. The Balaban J connectivity index is 1.87. The van der Waals surface area contributed by atoms with Gasteiger partial charge in [0.1, 0.15) is 0 Å². The number of hydrogen-bond acceptors (Lipinski definition) is 3. The van der Waals surface area contributed by atoms with E-state index in [-0.39, 0.29) is 0 Å². The van der Waals surface area contributed by atoms with E-state index in [9.17, 15) is 0 Å². The quantitative estimate of drug-likeness (QED) is 0.836. The van der Waals surface area contributed by atoms with Gasteiger partial charge in [-0.15, -0.1) is 11.8 Å². The van der Waals surface area contributed by atoms with E-state index >= 15 is 0 Å². The van der Waals surface area contributed by atoms with Gasteiger partial charge in [0.05, 0.1) is 5.69 Å². The fourth-order valence-electron chi connectivity index (χ4n) is 2.26. The van der Waals surface area contributed by atoms with Crippen LogP contribution >= 0.6 is 27.7 Å². The summed E-state index contributed by atoms with van der Waals surface area (Å²) in [6.45, 7) is 2.00. The average Bonchev–Trinajstić information content (AvgIpc) is 2.42. The second-order valence-corrected chi connectivity index (χ2v) is 6.68. The monoisotopic (exact) mass is 334 g/mol. The van der Waals surface area contributed by atoms with Gasteiger partial charge in [0.2, 0.25) is 0 Å². The number of rotatable bonds is 2. The maximum absolute atomic E-state index is 5.92.